The zero-order chi connectivity index (χ0) is 21.3. The summed E-state index contributed by atoms with van der Waals surface area (Å²) in [5.74, 6) is 0.864. The lowest BCUT2D eigenvalue weighted by Crippen LogP contribution is -2.48. The lowest BCUT2D eigenvalue weighted by molar-refractivity contribution is 0.0490. The topological polar surface area (TPSA) is 87.6 Å². The highest BCUT2D eigenvalue weighted by Crippen LogP contribution is 2.19. The molecule has 0 saturated heterocycles. The lowest BCUT2D eigenvalue weighted by atomic mass is 9.91. The van der Waals surface area contributed by atoms with Crippen molar-refractivity contribution in [3.63, 3.8) is 0 Å². The number of nitrogens with zero attached hydrogens (tertiary/aromatic N) is 2. The van der Waals surface area contributed by atoms with Crippen LogP contribution in [0, 0.1) is 0 Å². The van der Waals surface area contributed by atoms with Crippen molar-refractivity contribution in [3.05, 3.63) is 16.1 Å². The third kappa shape index (κ3) is 9.02. The molecule has 0 atom stereocenters. The van der Waals surface area contributed by atoms with Gasteiger partial charge in [-0.1, -0.05) is 6.92 Å². The maximum Gasteiger partial charge on any atom is 0.407 e. The van der Waals surface area contributed by atoms with Crippen LogP contribution in [-0.4, -0.2) is 47.8 Å². The Kier molecular flexibility index (Phi) is 9.20. The summed E-state index contributed by atoms with van der Waals surface area (Å²) in [6, 6.07) is 0.552. The molecule has 0 spiro atoms. The molecule has 0 aliphatic heterocycles. The first kappa shape index (κ1) is 23.4. The maximum absolute atomic E-state index is 11.9. The fourth-order valence-electron chi connectivity index (χ4n) is 3.26. The van der Waals surface area contributed by atoms with Crippen LogP contribution in [0.3, 0.4) is 0 Å². The molecule has 0 bridgehead atoms. The van der Waals surface area contributed by atoms with Gasteiger partial charge in [0.2, 0.25) is 0 Å². The highest BCUT2D eigenvalue weighted by molar-refractivity contribution is 7.11. The zero-order valence-corrected chi connectivity index (χ0v) is 19.3. The molecule has 1 aliphatic rings. The minimum atomic E-state index is -0.462. The highest BCUT2D eigenvalue weighted by atomic mass is 32.1. The quantitative estimate of drug-likeness (QED) is 0.460. The molecular formula is C21H37N5O2S. The number of aromatic nitrogens is 1. The van der Waals surface area contributed by atoms with Crippen LogP contribution in [-0.2, 0) is 17.6 Å². The van der Waals surface area contributed by atoms with E-state index < -0.39 is 5.60 Å². The lowest BCUT2D eigenvalue weighted by Gasteiger charge is -2.31. The molecule has 1 saturated carbocycles. The molecule has 29 heavy (non-hydrogen) atoms. The predicted octanol–water partition coefficient (Wildman–Crippen LogP) is 3.64. The van der Waals surface area contributed by atoms with E-state index in [9.17, 15) is 4.79 Å². The molecular weight excluding hydrogens is 386 g/mol. The largest absolute Gasteiger partial charge is 0.444 e. The van der Waals surface area contributed by atoms with Gasteiger partial charge in [0.15, 0.2) is 5.96 Å². The van der Waals surface area contributed by atoms with E-state index in [-0.39, 0.29) is 12.1 Å². The van der Waals surface area contributed by atoms with Crippen molar-refractivity contribution >= 4 is 23.4 Å². The van der Waals surface area contributed by atoms with Crippen molar-refractivity contribution < 1.29 is 9.53 Å². The molecule has 8 heteroatoms. The summed E-state index contributed by atoms with van der Waals surface area (Å²) in [5.41, 5.74) is -0.462. The molecule has 2 rings (SSSR count). The van der Waals surface area contributed by atoms with Crippen LogP contribution in [0.5, 0.6) is 0 Å². The van der Waals surface area contributed by atoms with E-state index in [4.69, 9.17) is 9.73 Å². The summed E-state index contributed by atoms with van der Waals surface area (Å²) < 4.78 is 5.35. The van der Waals surface area contributed by atoms with E-state index in [2.05, 4.69) is 34.8 Å². The molecule has 1 heterocycles. The molecule has 1 amide bonds. The number of guanidine groups is 1. The third-order valence-corrected chi connectivity index (χ3v) is 5.88. The van der Waals surface area contributed by atoms with E-state index >= 15 is 0 Å². The van der Waals surface area contributed by atoms with Gasteiger partial charge >= 0.3 is 6.09 Å². The Morgan fingerprint density at radius 1 is 1.21 bits per heavy atom. The van der Waals surface area contributed by atoms with Crippen molar-refractivity contribution in [2.75, 3.05) is 13.1 Å². The Hall–Kier alpha value is -1.83. The molecule has 0 radical (unpaired) electrons. The van der Waals surface area contributed by atoms with Gasteiger partial charge in [0.1, 0.15) is 5.60 Å². The van der Waals surface area contributed by atoms with E-state index in [0.717, 1.165) is 62.6 Å². The van der Waals surface area contributed by atoms with Gasteiger partial charge in [-0.05, 0) is 59.8 Å². The second-order valence-corrected chi connectivity index (χ2v) is 9.62. The average Bonchev–Trinajstić information content (AvgIpc) is 3.10. The SMILES string of the molecule is CCNC(=NCCc1ncc(CC)s1)NC1CCC(NC(=O)OC(C)(C)C)CC1. The minimum Gasteiger partial charge on any atom is -0.444 e. The van der Waals surface area contributed by atoms with Crippen LogP contribution in [0.2, 0.25) is 0 Å². The average molecular weight is 424 g/mol. The van der Waals surface area contributed by atoms with Gasteiger partial charge in [-0.3, -0.25) is 4.99 Å². The van der Waals surface area contributed by atoms with Gasteiger partial charge in [-0.15, -0.1) is 11.3 Å². The molecule has 1 aromatic rings. The van der Waals surface area contributed by atoms with Crippen molar-refractivity contribution in [1.29, 1.82) is 0 Å². The van der Waals surface area contributed by atoms with Crippen LogP contribution in [0.4, 0.5) is 4.79 Å². The van der Waals surface area contributed by atoms with Crippen molar-refractivity contribution in [2.24, 2.45) is 4.99 Å². The zero-order valence-electron chi connectivity index (χ0n) is 18.5. The van der Waals surface area contributed by atoms with Gasteiger partial charge in [-0.2, -0.15) is 0 Å². The van der Waals surface area contributed by atoms with Crippen molar-refractivity contribution in [1.82, 2.24) is 20.9 Å². The molecule has 7 nitrogen and oxygen atoms in total. The number of amides is 1. The van der Waals surface area contributed by atoms with E-state index in [0.29, 0.717) is 6.04 Å². The fraction of sp³-hybridized carbons (Fsp3) is 0.762. The maximum atomic E-state index is 11.9. The molecule has 164 valence electrons. The van der Waals surface area contributed by atoms with E-state index in [1.807, 2.05) is 27.0 Å². The number of ether oxygens (including phenoxy) is 1. The van der Waals surface area contributed by atoms with Gasteiger partial charge in [0, 0.05) is 42.7 Å². The Bertz CT molecular complexity index is 660. The van der Waals surface area contributed by atoms with Gasteiger partial charge in [0.25, 0.3) is 0 Å². The second-order valence-electron chi connectivity index (χ2n) is 8.42. The number of carbonyl (C=O) groups is 1. The Morgan fingerprint density at radius 2 is 1.86 bits per heavy atom. The molecule has 1 aliphatic carbocycles. The summed E-state index contributed by atoms with van der Waals surface area (Å²) >= 11 is 1.78. The predicted molar refractivity (Wildman–Crippen MR) is 120 cm³/mol. The van der Waals surface area contributed by atoms with Gasteiger partial charge in [-0.25, -0.2) is 9.78 Å². The van der Waals surface area contributed by atoms with Crippen molar-refractivity contribution in [2.45, 2.75) is 90.8 Å². The number of nitrogens with one attached hydrogen (secondary N) is 3. The van der Waals surface area contributed by atoms with E-state index in [1.165, 1.54) is 4.88 Å². The van der Waals surface area contributed by atoms with Crippen LogP contribution >= 0.6 is 11.3 Å². The molecule has 0 unspecified atom stereocenters. The first-order chi connectivity index (χ1) is 13.8. The number of alkyl carbamates (subject to hydrolysis) is 1. The number of hydrogen-bond acceptors (Lipinski definition) is 5. The van der Waals surface area contributed by atoms with Gasteiger partial charge < -0.3 is 20.7 Å². The Labute approximate surface area is 179 Å². The summed E-state index contributed by atoms with van der Waals surface area (Å²) in [6.07, 6.45) is 7.43. The Morgan fingerprint density at radius 3 is 2.41 bits per heavy atom. The number of rotatable bonds is 7. The fourth-order valence-corrected chi connectivity index (χ4v) is 4.11. The smallest absolute Gasteiger partial charge is 0.407 e. The second kappa shape index (κ2) is 11.4. The third-order valence-electron chi connectivity index (χ3n) is 4.68. The number of thiazole rings is 1. The molecule has 0 aromatic carbocycles. The number of hydrogen-bond donors (Lipinski definition) is 3. The van der Waals surface area contributed by atoms with Crippen LogP contribution in [0.15, 0.2) is 11.2 Å². The first-order valence-electron chi connectivity index (χ1n) is 10.8. The highest BCUT2D eigenvalue weighted by Gasteiger charge is 2.25. The van der Waals surface area contributed by atoms with Crippen LogP contribution in [0.1, 0.15) is 70.2 Å². The summed E-state index contributed by atoms with van der Waals surface area (Å²) in [7, 11) is 0. The van der Waals surface area contributed by atoms with Crippen LogP contribution in [0.25, 0.3) is 0 Å². The summed E-state index contributed by atoms with van der Waals surface area (Å²) in [6.45, 7) is 11.4. The normalized spacial score (nSPS) is 20.2. The van der Waals surface area contributed by atoms with Crippen LogP contribution < -0.4 is 16.0 Å². The standard InChI is InChI=1S/C21H37N5O2S/c1-6-17-14-24-18(29-17)12-13-23-19(22-7-2)25-15-8-10-16(11-9-15)26-20(27)28-21(3,4)5/h14-16H,6-13H2,1-5H3,(H,26,27)(H2,22,23,25). The minimum absolute atomic E-state index is 0.181. The molecule has 3 N–H and O–H groups in total. The number of carbonyl (C=O) groups excluding carboxylic acids is 1. The Balaban J connectivity index is 1.75. The van der Waals surface area contributed by atoms with E-state index in [1.54, 1.807) is 11.3 Å². The first-order valence-corrected chi connectivity index (χ1v) is 11.6. The molecule has 1 aromatic heterocycles. The van der Waals surface area contributed by atoms with Crippen molar-refractivity contribution in [3.8, 4) is 0 Å². The summed E-state index contributed by atoms with van der Waals surface area (Å²) in [4.78, 5) is 22.5. The number of aliphatic imine (C=N–C) groups is 1. The molecule has 1 fully saturated rings. The summed E-state index contributed by atoms with van der Waals surface area (Å²) in [5, 5.41) is 11.0. The van der Waals surface area contributed by atoms with Gasteiger partial charge in [0.05, 0.1) is 5.01 Å². The monoisotopic (exact) mass is 423 g/mol. The number of aryl methyl sites for hydroxylation is 1.